The van der Waals surface area contributed by atoms with Gasteiger partial charge in [-0.2, -0.15) is 0 Å². The van der Waals surface area contributed by atoms with Crippen LogP contribution in [0.25, 0.3) is 0 Å². The number of hydrogen-bond donors (Lipinski definition) is 0. The predicted octanol–water partition coefficient (Wildman–Crippen LogP) is 4.02. The molecule has 3 rings (SSSR count). The molecule has 1 aromatic rings. The lowest BCUT2D eigenvalue weighted by Gasteiger charge is -2.41. The molecule has 1 saturated carbocycles. The highest BCUT2D eigenvalue weighted by Gasteiger charge is 2.47. The zero-order valence-electron chi connectivity index (χ0n) is 14.0. The fourth-order valence-corrected chi connectivity index (χ4v) is 4.18. The van der Waals surface area contributed by atoms with E-state index in [4.69, 9.17) is 4.74 Å². The van der Waals surface area contributed by atoms with Crippen LogP contribution in [0.4, 0.5) is 0 Å². The molecule has 124 valence electrons. The standard InChI is InChI=1S/C20H26O3/c1-2-15-7-9-16(10-8-15)11-12-20(17-5-3-4-6-17)14-18(21)13-19(22)23-20/h7-10,17H,2-6,11-14H2,1H3. The van der Waals surface area contributed by atoms with Gasteiger partial charge in [0.1, 0.15) is 17.8 Å². The van der Waals surface area contributed by atoms with E-state index in [9.17, 15) is 9.59 Å². The Morgan fingerprint density at radius 3 is 2.35 bits per heavy atom. The van der Waals surface area contributed by atoms with Crippen molar-refractivity contribution in [3.05, 3.63) is 35.4 Å². The summed E-state index contributed by atoms with van der Waals surface area (Å²) >= 11 is 0. The zero-order valence-corrected chi connectivity index (χ0v) is 14.0. The van der Waals surface area contributed by atoms with Crippen molar-refractivity contribution in [2.24, 2.45) is 5.92 Å². The third kappa shape index (κ3) is 3.65. The fourth-order valence-electron chi connectivity index (χ4n) is 4.18. The van der Waals surface area contributed by atoms with E-state index in [0.29, 0.717) is 12.3 Å². The lowest BCUT2D eigenvalue weighted by molar-refractivity contribution is -0.178. The van der Waals surface area contributed by atoms with Crippen molar-refractivity contribution in [3.8, 4) is 0 Å². The molecule has 1 unspecified atom stereocenters. The van der Waals surface area contributed by atoms with Crippen molar-refractivity contribution in [2.45, 2.75) is 70.3 Å². The maximum absolute atomic E-state index is 12.0. The van der Waals surface area contributed by atoms with Gasteiger partial charge in [-0.15, -0.1) is 0 Å². The Labute approximate surface area is 138 Å². The van der Waals surface area contributed by atoms with Crippen molar-refractivity contribution < 1.29 is 14.3 Å². The van der Waals surface area contributed by atoms with Gasteiger partial charge in [0.25, 0.3) is 0 Å². The van der Waals surface area contributed by atoms with E-state index in [1.807, 2.05) is 0 Å². The second-order valence-electron chi connectivity index (χ2n) is 7.08. The van der Waals surface area contributed by atoms with Crippen LogP contribution in [0.5, 0.6) is 0 Å². The van der Waals surface area contributed by atoms with Gasteiger partial charge in [0, 0.05) is 6.42 Å². The molecule has 0 radical (unpaired) electrons. The molecule has 0 amide bonds. The van der Waals surface area contributed by atoms with E-state index in [0.717, 1.165) is 32.1 Å². The number of rotatable bonds is 5. The van der Waals surface area contributed by atoms with Crippen molar-refractivity contribution in [1.82, 2.24) is 0 Å². The van der Waals surface area contributed by atoms with E-state index < -0.39 is 5.60 Å². The number of ether oxygens (including phenoxy) is 1. The molecule has 3 heteroatoms. The Morgan fingerprint density at radius 1 is 1.09 bits per heavy atom. The normalized spacial score (nSPS) is 25.6. The van der Waals surface area contributed by atoms with E-state index in [1.165, 1.54) is 24.0 Å². The van der Waals surface area contributed by atoms with Gasteiger partial charge in [-0.25, -0.2) is 0 Å². The van der Waals surface area contributed by atoms with Crippen molar-refractivity contribution in [2.75, 3.05) is 0 Å². The molecule has 1 aliphatic heterocycles. The lowest BCUT2D eigenvalue weighted by Crippen LogP contribution is -2.48. The van der Waals surface area contributed by atoms with Crippen LogP contribution in [0.1, 0.15) is 63.0 Å². The lowest BCUT2D eigenvalue weighted by atomic mass is 9.76. The Balaban J connectivity index is 1.75. The first-order chi connectivity index (χ1) is 11.1. The number of Topliss-reactive ketones (excluding diaryl/α,β-unsaturated/α-hetero) is 1. The first-order valence-corrected chi connectivity index (χ1v) is 8.93. The number of ketones is 1. The maximum atomic E-state index is 12.0. The molecule has 1 saturated heterocycles. The number of hydrogen-bond acceptors (Lipinski definition) is 3. The highest BCUT2D eigenvalue weighted by atomic mass is 16.6. The summed E-state index contributed by atoms with van der Waals surface area (Å²) in [5.74, 6) is 0.0783. The van der Waals surface area contributed by atoms with Gasteiger partial charge in [0.15, 0.2) is 0 Å². The molecule has 0 N–H and O–H groups in total. The summed E-state index contributed by atoms with van der Waals surface area (Å²) in [6.45, 7) is 2.15. The molecular formula is C20H26O3. The largest absolute Gasteiger partial charge is 0.458 e. The smallest absolute Gasteiger partial charge is 0.313 e. The van der Waals surface area contributed by atoms with Crippen LogP contribution >= 0.6 is 0 Å². The minimum atomic E-state index is -0.549. The Hall–Kier alpha value is -1.64. The summed E-state index contributed by atoms with van der Waals surface area (Å²) in [6.07, 6.45) is 7.56. The second kappa shape index (κ2) is 6.86. The maximum Gasteiger partial charge on any atom is 0.313 e. The molecule has 2 fully saturated rings. The SMILES string of the molecule is CCc1ccc(CCC2(C3CCCC3)CC(=O)CC(=O)O2)cc1. The van der Waals surface area contributed by atoms with E-state index in [-0.39, 0.29) is 18.2 Å². The van der Waals surface area contributed by atoms with Gasteiger partial charge >= 0.3 is 5.97 Å². The average Bonchev–Trinajstić information content (AvgIpc) is 3.08. The van der Waals surface area contributed by atoms with Crippen LogP contribution in [0.2, 0.25) is 0 Å². The highest BCUT2D eigenvalue weighted by Crippen LogP contribution is 2.43. The molecular weight excluding hydrogens is 288 g/mol. The number of esters is 1. The summed E-state index contributed by atoms with van der Waals surface area (Å²) in [4.78, 5) is 23.9. The summed E-state index contributed by atoms with van der Waals surface area (Å²) in [7, 11) is 0. The quantitative estimate of drug-likeness (QED) is 0.609. The fraction of sp³-hybridized carbons (Fsp3) is 0.600. The molecule has 1 atom stereocenters. The van der Waals surface area contributed by atoms with Crippen molar-refractivity contribution in [3.63, 3.8) is 0 Å². The number of carbonyl (C=O) groups is 2. The third-order valence-corrected chi connectivity index (χ3v) is 5.52. The van der Waals surface area contributed by atoms with Crippen LogP contribution in [0.3, 0.4) is 0 Å². The first kappa shape index (κ1) is 16.2. The molecule has 3 nitrogen and oxygen atoms in total. The third-order valence-electron chi connectivity index (χ3n) is 5.52. The van der Waals surface area contributed by atoms with Crippen LogP contribution in [-0.4, -0.2) is 17.4 Å². The molecule has 0 bridgehead atoms. The number of benzene rings is 1. The summed E-state index contributed by atoms with van der Waals surface area (Å²) in [5, 5.41) is 0. The van der Waals surface area contributed by atoms with Crippen LogP contribution < -0.4 is 0 Å². The first-order valence-electron chi connectivity index (χ1n) is 8.93. The van der Waals surface area contributed by atoms with Gasteiger partial charge in [-0.3, -0.25) is 9.59 Å². The Kier molecular flexibility index (Phi) is 4.84. The van der Waals surface area contributed by atoms with Gasteiger partial charge in [0.2, 0.25) is 0 Å². The number of carbonyl (C=O) groups excluding carboxylic acids is 2. The summed E-state index contributed by atoms with van der Waals surface area (Å²) < 4.78 is 5.84. The Bertz CT molecular complexity index is 551. The molecule has 2 aliphatic rings. The monoisotopic (exact) mass is 314 g/mol. The van der Waals surface area contributed by atoms with E-state index in [1.54, 1.807) is 0 Å². The number of aryl methyl sites for hydroxylation is 2. The van der Waals surface area contributed by atoms with Crippen LogP contribution in [-0.2, 0) is 27.2 Å². The predicted molar refractivity (Wildman–Crippen MR) is 89.2 cm³/mol. The van der Waals surface area contributed by atoms with Crippen molar-refractivity contribution in [1.29, 1.82) is 0 Å². The van der Waals surface area contributed by atoms with Gasteiger partial charge in [-0.05, 0) is 49.1 Å². The minimum absolute atomic E-state index is 0.0420. The topological polar surface area (TPSA) is 43.4 Å². The molecule has 1 heterocycles. The minimum Gasteiger partial charge on any atom is -0.458 e. The Morgan fingerprint density at radius 2 is 1.74 bits per heavy atom. The van der Waals surface area contributed by atoms with Gasteiger partial charge < -0.3 is 4.74 Å². The average molecular weight is 314 g/mol. The highest BCUT2D eigenvalue weighted by molar-refractivity contribution is 5.98. The van der Waals surface area contributed by atoms with Crippen LogP contribution in [0.15, 0.2) is 24.3 Å². The second-order valence-corrected chi connectivity index (χ2v) is 7.08. The molecule has 0 aromatic heterocycles. The van der Waals surface area contributed by atoms with Crippen molar-refractivity contribution >= 4 is 11.8 Å². The number of cyclic esters (lactones) is 1. The van der Waals surface area contributed by atoms with Gasteiger partial charge in [0.05, 0.1) is 0 Å². The molecule has 1 aliphatic carbocycles. The van der Waals surface area contributed by atoms with Crippen LogP contribution in [0, 0.1) is 5.92 Å². The molecule has 1 aromatic carbocycles. The zero-order chi connectivity index (χ0) is 16.3. The van der Waals surface area contributed by atoms with Gasteiger partial charge in [-0.1, -0.05) is 44.0 Å². The van der Waals surface area contributed by atoms with E-state index >= 15 is 0 Å². The molecule has 23 heavy (non-hydrogen) atoms. The molecule has 0 spiro atoms. The van der Waals surface area contributed by atoms with E-state index in [2.05, 4.69) is 31.2 Å². The summed E-state index contributed by atoms with van der Waals surface area (Å²) in [6, 6.07) is 8.65. The summed E-state index contributed by atoms with van der Waals surface area (Å²) in [5.41, 5.74) is 2.04.